The fourth-order valence-electron chi connectivity index (χ4n) is 2.59. The lowest BCUT2D eigenvalue weighted by Crippen LogP contribution is -2.18. The molecule has 0 saturated heterocycles. The summed E-state index contributed by atoms with van der Waals surface area (Å²) in [5.74, 6) is 0.146. The van der Waals surface area contributed by atoms with Gasteiger partial charge in [-0.05, 0) is 67.6 Å². The molecule has 5 nitrogen and oxygen atoms in total. The normalized spacial score (nSPS) is 10.2. The molecule has 2 amide bonds. The van der Waals surface area contributed by atoms with Gasteiger partial charge in [0.1, 0.15) is 5.75 Å². The molecule has 0 atom stereocenters. The largest absolute Gasteiger partial charge is 0.494 e. The van der Waals surface area contributed by atoms with Crippen molar-refractivity contribution < 1.29 is 14.3 Å². The third kappa shape index (κ3) is 4.98. The van der Waals surface area contributed by atoms with Gasteiger partial charge in [0, 0.05) is 15.7 Å². The number of hydrogen-bond acceptors (Lipinski definition) is 3. The first-order valence-electron chi connectivity index (χ1n) is 8.77. The van der Waals surface area contributed by atoms with Crippen LogP contribution in [0.4, 0.5) is 11.4 Å². The van der Waals surface area contributed by atoms with E-state index in [0.29, 0.717) is 29.1 Å². The summed E-state index contributed by atoms with van der Waals surface area (Å²) in [5.41, 5.74) is 1.97. The molecule has 0 aliphatic rings. The number of halogens is 1. The summed E-state index contributed by atoms with van der Waals surface area (Å²) in [6.45, 7) is 2.49. The molecule has 0 spiro atoms. The van der Waals surface area contributed by atoms with Gasteiger partial charge in [-0.15, -0.1) is 0 Å². The molecule has 3 aromatic carbocycles. The summed E-state index contributed by atoms with van der Waals surface area (Å²) >= 11 is 3.34. The summed E-state index contributed by atoms with van der Waals surface area (Å²) in [6.07, 6.45) is 0. The highest BCUT2D eigenvalue weighted by atomic mass is 79.9. The molecule has 6 heteroatoms. The number of rotatable bonds is 6. The highest BCUT2D eigenvalue weighted by Crippen LogP contribution is 2.21. The second kappa shape index (κ2) is 9.19. The van der Waals surface area contributed by atoms with E-state index in [0.717, 1.165) is 10.2 Å². The van der Waals surface area contributed by atoms with Crippen molar-refractivity contribution in [1.29, 1.82) is 0 Å². The molecule has 142 valence electrons. The van der Waals surface area contributed by atoms with Crippen LogP contribution in [0.25, 0.3) is 0 Å². The number of anilines is 2. The lowest BCUT2D eigenvalue weighted by atomic mass is 10.1. The molecule has 0 fully saturated rings. The summed E-state index contributed by atoms with van der Waals surface area (Å²) in [6, 6.07) is 21.0. The molecule has 0 unspecified atom stereocenters. The molecule has 0 saturated carbocycles. The average Bonchev–Trinajstić information content (AvgIpc) is 2.70. The van der Waals surface area contributed by atoms with E-state index >= 15 is 0 Å². The maximum absolute atomic E-state index is 12.7. The van der Waals surface area contributed by atoms with Crippen LogP contribution in [0.15, 0.2) is 77.3 Å². The Balaban J connectivity index is 1.74. The highest BCUT2D eigenvalue weighted by Gasteiger charge is 2.14. The minimum absolute atomic E-state index is 0.284. The van der Waals surface area contributed by atoms with Gasteiger partial charge in [-0.2, -0.15) is 0 Å². The zero-order valence-corrected chi connectivity index (χ0v) is 16.8. The Morgan fingerprint density at radius 2 is 1.54 bits per heavy atom. The topological polar surface area (TPSA) is 67.4 Å². The Hall–Kier alpha value is -3.12. The monoisotopic (exact) mass is 438 g/mol. The number of para-hydroxylation sites is 1. The number of nitrogens with one attached hydrogen (secondary N) is 2. The summed E-state index contributed by atoms with van der Waals surface area (Å²) in [5, 5.41) is 5.64. The van der Waals surface area contributed by atoms with Crippen LogP contribution >= 0.6 is 15.9 Å². The quantitative estimate of drug-likeness (QED) is 0.544. The first-order valence-corrected chi connectivity index (χ1v) is 9.56. The minimum Gasteiger partial charge on any atom is -0.494 e. The summed E-state index contributed by atoms with van der Waals surface area (Å²) in [7, 11) is 0. The highest BCUT2D eigenvalue weighted by molar-refractivity contribution is 9.10. The van der Waals surface area contributed by atoms with Crippen LogP contribution in [0, 0.1) is 0 Å². The third-order valence-electron chi connectivity index (χ3n) is 3.95. The molecule has 0 aromatic heterocycles. The van der Waals surface area contributed by atoms with Gasteiger partial charge in [-0.3, -0.25) is 9.59 Å². The lowest BCUT2D eigenvalue weighted by Gasteiger charge is -2.12. The molecule has 3 aromatic rings. The van der Waals surface area contributed by atoms with Crippen LogP contribution in [-0.2, 0) is 0 Å². The van der Waals surface area contributed by atoms with Gasteiger partial charge in [-0.25, -0.2) is 0 Å². The van der Waals surface area contributed by atoms with Gasteiger partial charge >= 0.3 is 0 Å². The van der Waals surface area contributed by atoms with Crippen LogP contribution in [0.1, 0.15) is 27.6 Å². The zero-order chi connectivity index (χ0) is 19.9. The maximum atomic E-state index is 12.7. The SMILES string of the molecule is CCOc1ccc(NC(=O)c2ccccc2NC(=O)c2ccc(Br)cc2)cc1. The van der Waals surface area contributed by atoms with E-state index in [1.807, 2.05) is 6.92 Å². The van der Waals surface area contributed by atoms with Crippen LogP contribution in [0.3, 0.4) is 0 Å². The number of amides is 2. The Morgan fingerprint density at radius 1 is 0.857 bits per heavy atom. The van der Waals surface area contributed by atoms with Crippen molar-refractivity contribution in [3.8, 4) is 5.75 Å². The van der Waals surface area contributed by atoms with E-state index in [-0.39, 0.29) is 11.8 Å². The molecule has 28 heavy (non-hydrogen) atoms. The van der Waals surface area contributed by atoms with E-state index in [1.165, 1.54) is 0 Å². The predicted octanol–water partition coefficient (Wildman–Crippen LogP) is 5.35. The minimum atomic E-state index is -0.309. The van der Waals surface area contributed by atoms with E-state index in [4.69, 9.17) is 4.74 Å². The van der Waals surface area contributed by atoms with Crippen LogP contribution < -0.4 is 15.4 Å². The first-order chi connectivity index (χ1) is 13.6. The van der Waals surface area contributed by atoms with Crippen LogP contribution in [0.5, 0.6) is 5.75 Å². The molecule has 0 radical (unpaired) electrons. The molecular formula is C22H19BrN2O3. The number of carbonyl (C=O) groups excluding carboxylic acids is 2. The van der Waals surface area contributed by atoms with Crippen molar-refractivity contribution in [2.24, 2.45) is 0 Å². The molecule has 0 aliphatic carbocycles. The predicted molar refractivity (Wildman–Crippen MR) is 114 cm³/mol. The lowest BCUT2D eigenvalue weighted by molar-refractivity contribution is 0.102. The molecule has 0 heterocycles. The molecule has 3 rings (SSSR count). The van der Waals surface area contributed by atoms with Crippen LogP contribution in [0.2, 0.25) is 0 Å². The number of ether oxygens (including phenoxy) is 1. The van der Waals surface area contributed by atoms with E-state index < -0.39 is 0 Å². The van der Waals surface area contributed by atoms with Gasteiger partial charge in [0.2, 0.25) is 0 Å². The van der Waals surface area contributed by atoms with E-state index in [9.17, 15) is 9.59 Å². The van der Waals surface area contributed by atoms with Gasteiger partial charge < -0.3 is 15.4 Å². The van der Waals surface area contributed by atoms with Crippen molar-refractivity contribution in [2.45, 2.75) is 6.92 Å². The Labute approximate surface area is 171 Å². The Bertz CT molecular complexity index is 970. The van der Waals surface area contributed by atoms with Gasteiger partial charge in [0.25, 0.3) is 11.8 Å². The van der Waals surface area contributed by atoms with Crippen molar-refractivity contribution in [1.82, 2.24) is 0 Å². The van der Waals surface area contributed by atoms with Crippen molar-refractivity contribution in [3.05, 3.63) is 88.4 Å². The van der Waals surface area contributed by atoms with Crippen molar-refractivity contribution in [3.63, 3.8) is 0 Å². The fraction of sp³-hybridized carbons (Fsp3) is 0.0909. The smallest absolute Gasteiger partial charge is 0.257 e. The fourth-order valence-corrected chi connectivity index (χ4v) is 2.85. The van der Waals surface area contributed by atoms with E-state index in [1.54, 1.807) is 72.8 Å². The van der Waals surface area contributed by atoms with Gasteiger partial charge in [0.15, 0.2) is 0 Å². The Kier molecular flexibility index (Phi) is 6.45. The number of carbonyl (C=O) groups is 2. The second-order valence-corrected chi connectivity index (χ2v) is 6.83. The second-order valence-electron chi connectivity index (χ2n) is 5.92. The standard InChI is InChI=1S/C22H19BrN2O3/c1-2-28-18-13-11-17(12-14-18)24-22(27)19-5-3-4-6-20(19)25-21(26)15-7-9-16(23)10-8-15/h3-14H,2H2,1H3,(H,24,27)(H,25,26). The molecule has 2 N–H and O–H groups in total. The first kappa shape index (κ1) is 19.6. The van der Waals surface area contributed by atoms with Gasteiger partial charge in [-0.1, -0.05) is 28.1 Å². The summed E-state index contributed by atoms with van der Waals surface area (Å²) < 4.78 is 6.29. The summed E-state index contributed by atoms with van der Waals surface area (Å²) in [4.78, 5) is 25.2. The molecular weight excluding hydrogens is 420 g/mol. The maximum Gasteiger partial charge on any atom is 0.257 e. The van der Waals surface area contributed by atoms with Crippen molar-refractivity contribution >= 4 is 39.1 Å². The van der Waals surface area contributed by atoms with E-state index in [2.05, 4.69) is 26.6 Å². The Morgan fingerprint density at radius 3 is 2.21 bits per heavy atom. The number of hydrogen-bond donors (Lipinski definition) is 2. The molecule has 0 bridgehead atoms. The third-order valence-corrected chi connectivity index (χ3v) is 4.48. The number of benzene rings is 3. The molecule has 0 aliphatic heterocycles. The average molecular weight is 439 g/mol. The van der Waals surface area contributed by atoms with Crippen molar-refractivity contribution in [2.75, 3.05) is 17.2 Å². The van der Waals surface area contributed by atoms with Gasteiger partial charge in [0.05, 0.1) is 17.9 Å². The van der Waals surface area contributed by atoms with Crippen LogP contribution in [-0.4, -0.2) is 18.4 Å². The zero-order valence-electron chi connectivity index (χ0n) is 15.2.